The molecule has 130 valence electrons. The zero-order valence-electron chi connectivity index (χ0n) is 12.5. The van der Waals surface area contributed by atoms with Crippen LogP contribution in [0.4, 0.5) is 11.4 Å². The third-order valence-electron chi connectivity index (χ3n) is 3.62. The fourth-order valence-corrected chi connectivity index (χ4v) is 6.10. The van der Waals surface area contributed by atoms with Gasteiger partial charge in [0.25, 0.3) is 10.0 Å². The third kappa shape index (κ3) is 3.46. The SMILES string of the molecule is O=S(=O)(CBr)Nc1ccc2c(c1)N(S(=O)(=O)c1cccs1)CCC2. The number of nitrogens with one attached hydrogen (secondary N) is 1. The highest BCUT2D eigenvalue weighted by molar-refractivity contribution is 9.10. The summed E-state index contributed by atoms with van der Waals surface area (Å²) >= 11 is 4.09. The highest BCUT2D eigenvalue weighted by Crippen LogP contribution is 2.35. The maximum absolute atomic E-state index is 12.9. The summed E-state index contributed by atoms with van der Waals surface area (Å²) in [5, 5.41) is 1.72. The zero-order chi connectivity index (χ0) is 17.4. The van der Waals surface area contributed by atoms with E-state index >= 15 is 0 Å². The Morgan fingerprint density at radius 3 is 2.67 bits per heavy atom. The minimum Gasteiger partial charge on any atom is -0.283 e. The number of rotatable bonds is 5. The van der Waals surface area contributed by atoms with Gasteiger partial charge >= 0.3 is 0 Å². The van der Waals surface area contributed by atoms with Crippen LogP contribution in [-0.2, 0) is 26.5 Å². The van der Waals surface area contributed by atoms with Crippen molar-refractivity contribution in [3.8, 4) is 0 Å². The first kappa shape index (κ1) is 17.7. The van der Waals surface area contributed by atoms with Crippen LogP contribution in [0.2, 0.25) is 0 Å². The first-order chi connectivity index (χ1) is 11.3. The molecular formula is C14H15BrN2O4S3. The molecule has 1 N–H and O–H groups in total. The molecule has 2 aromatic rings. The van der Waals surface area contributed by atoms with E-state index in [0.29, 0.717) is 17.9 Å². The van der Waals surface area contributed by atoms with E-state index in [9.17, 15) is 16.8 Å². The highest BCUT2D eigenvalue weighted by Gasteiger charge is 2.30. The van der Waals surface area contributed by atoms with Gasteiger partial charge in [0.15, 0.2) is 0 Å². The van der Waals surface area contributed by atoms with Gasteiger partial charge in [-0.05, 0) is 42.0 Å². The lowest BCUT2D eigenvalue weighted by atomic mass is 10.0. The fraction of sp³-hybridized carbons (Fsp3) is 0.286. The summed E-state index contributed by atoms with van der Waals surface area (Å²) in [5.41, 5.74) is 1.77. The van der Waals surface area contributed by atoms with E-state index in [1.54, 1.807) is 35.7 Å². The van der Waals surface area contributed by atoms with E-state index in [0.717, 1.165) is 18.4 Å². The van der Waals surface area contributed by atoms with Gasteiger partial charge in [-0.2, -0.15) is 0 Å². The zero-order valence-corrected chi connectivity index (χ0v) is 16.5. The number of fused-ring (bicyclic) bond motifs is 1. The smallest absolute Gasteiger partial charge is 0.273 e. The number of sulfonamides is 2. The largest absolute Gasteiger partial charge is 0.283 e. The molecule has 6 nitrogen and oxygen atoms in total. The maximum atomic E-state index is 12.9. The minimum atomic E-state index is -3.63. The fourth-order valence-electron chi connectivity index (χ4n) is 2.58. The molecule has 0 bridgehead atoms. The van der Waals surface area contributed by atoms with Gasteiger partial charge in [0.1, 0.15) is 8.87 Å². The molecule has 1 aliphatic heterocycles. The summed E-state index contributed by atoms with van der Waals surface area (Å²) < 4.78 is 53.0. The Hall–Kier alpha value is -1.10. The van der Waals surface area contributed by atoms with Crippen molar-refractivity contribution in [1.29, 1.82) is 0 Å². The summed E-state index contributed by atoms with van der Waals surface area (Å²) in [6.45, 7) is 0.377. The lowest BCUT2D eigenvalue weighted by molar-refractivity contribution is 0.588. The molecule has 1 aromatic carbocycles. The number of hydrogen-bond acceptors (Lipinski definition) is 5. The summed E-state index contributed by atoms with van der Waals surface area (Å²) in [4.78, 5) is 0. The van der Waals surface area contributed by atoms with Crippen LogP contribution in [0.15, 0.2) is 39.9 Å². The second-order valence-corrected chi connectivity index (χ2v) is 11.3. The first-order valence-electron chi connectivity index (χ1n) is 7.09. The van der Waals surface area contributed by atoms with Crippen molar-refractivity contribution in [2.24, 2.45) is 0 Å². The number of alkyl halides is 1. The van der Waals surface area contributed by atoms with Crippen LogP contribution < -0.4 is 9.03 Å². The van der Waals surface area contributed by atoms with Crippen molar-refractivity contribution in [1.82, 2.24) is 0 Å². The van der Waals surface area contributed by atoms with Gasteiger partial charge in [-0.3, -0.25) is 9.03 Å². The minimum absolute atomic E-state index is 0.228. The lowest BCUT2D eigenvalue weighted by Crippen LogP contribution is -2.35. The van der Waals surface area contributed by atoms with Gasteiger partial charge in [0, 0.05) is 6.54 Å². The van der Waals surface area contributed by atoms with Crippen molar-refractivity contribution in [3.63, 3.8) is 0 Å². The Kier molecular flexibility index (Phi) is 4.92. The molecule has 0 unspecified atom stereocenters. The average Bonchev–Trinajstić information content (AvgIpc) is 3.09. The van der Waals surface area contributed by atoms with Crippen LogP contribution in [0.1, 0.15) is 12.0 Å². The van der Waals surface area contributed by atoms with Gasteiger partial charge in [-0.1, -0.05) is 28.1 Å². The summed E-state index contributed by atoms with van der Waals surface area (Å²) in [6, 6.07) is 8.28. The van der Waals surface area contributed by atoms with Crippen LogP contribution in [0, 0.1) is 0 Å². The normalized spacial score (nSPS) is 15.1. The van der Waals surface area contributed by atoms with Gasteiger partial charge < -0.3 is 0 Å². The molecule has 1 aromatic heterocycles. The predicted octanol–water partition coefficient (Wildman–Crippen LogP) is 2.98. The molecule has 2 heterocycles. The summed E-state index contributed by atoms with van der Waals surface area (Å²) in [6.07, 6.45) is 1.49. The molecule has 0 radical (unpaired) electrons. The average molecular weight is 451 g/mol. The van der Waals surface area contributed by atoms with Crippen LogP contribution in [-0.4, -0.2) is 28.0 Å². The maximum Gasteiger partial charge on any atom is 0.273 e. The van der Waals surface area contributed by atoms with Gasteiger partial charge in [-0.25, -0.2) is 16.8 Å². The highest BCUT2D eigenvalue weighted by atomic mass is 79.9. The number of anilines is 2. The van der Waals surface area contributed by atoms with Crippen LogP contribution in [0.5, 0.6) is 0 Å². The molecule has 10 heteroatoms. The molecule has 0 aliphatic carbocycles. The number of halogens is 1. The topological polar surface area (TPSA) is 83.6 Å². The van der Waals surface area contributed by atoms with E-state index in [-0.39, 0.29) is 8.87 Å². The van der Waals surface area contributed by atoms with Crippen LogP contribution in [0.3, 0.4) is 0 Å². The van der Waals surface area contributed by atoms with Crippen LogP contribution >= 0.6 is 27.3 Å². The van der Waals surface area contributed by atoms with Crippen molar-refractivity contribution in [2.75, 3.05) is 20.2 Å². The van der Waals surface area contributed by atoms with Gasteiger partial charge in [0.05, 0.1) is 11.4 Å². The molecule has 0 saturated heterocycles. The second kappa shape index (κ2) is 6.66. The molecule has 0 spiro atoms. The molecule has 0 atom stereocenters. The summed E-state index contributed by atoms with van der Waals surface area (Å²) in [7, 11) is -7.13. The van der Waals surface area contributed by atoms with Crippen molar-refractivity contribution >= 4 is 58.7 Å². The number of thiophene rings is 1. The van der Waals surface area contributed by atoms with E-state index in [1.807, 2.05) is 0 Å². The number of benzene rings is 1. The Morgan fingerprint density at radius 2 is 2.00 bits per heavy atom. The first-order valence-corrected chi connectivity index (χ1v) is 12.2. The molecule has 0 amide bonds. The lowest BCUT2D eigenvalue weighted by Gasteiger charge is -2.30. The monoisotopic (exact) mass is 450 g/mol. The van der Waals surface area contributed by atoms with E-state index in [4.69, 9.17) is 0 Å². The molecule has 3 rings (SSSR count). The molecule has 1 aliphatic rings. The molecule has 0 saturated carbocycles. The Bertz CT molecular complexity index is 940. The number of aryl methyl sites for hydroxylation is 1. The Labute approximate surface area is 153 Å². The van der Waals surface area contributed by atoms with Gasteiger partial charge in [0.2, 0.25) is 10.0 Å². The van der Waals surface area contributed by atoms with Crippen LogP contribution in [0.25, 0.3) is 0 Å². The molecule has 0 fully saturated rings. The quantitative estimate of drug-likeness (QED) is 0.709. The second-order valence-electron chi connectivity index (χ2n) is 5.28. The number of hydrogen-bond donors (Lipinski definition) is 1. The van der Waals surface area contributed by atoms with E-state index < -0.39 is 20.0 Å². The van der Waals surface area contributed by atoms with E-state index in [1.165, 1.54) is 15.6 Å². The summed E-state index contributed by atoms with van der Waals surface area (Å²) in [5.74, 6) is 0. The van der Waals surface area contributed by atoms with Crippen molar-refractivity contribution in [3.05, 3.63) is 41.3 Å². The molecular weight excluding hydrogens is 436 g/mol. The Balaban J connectivity index is 2.03. The van der Waals surface area contributed by atoms with Crippen molar-refractivity contribution < 1.29 is 16.8 Å². The number of nitrogens with zero attached hydrogens (tertiary/aromatic N) is 1. The predicted molar refractivity (Wildman–Crippen MR) is 100.0 cm³/mol. The molecule has 24 heavy (non-hydrogen) atoms. The van der Waals surface area contributed by atoms with Crippen molar-refractivity contribution in [2.45, 2.75) is 17.1 Å². The van der Waals surface area contributed by atoms with E-state index in [2.05, 4.69) is 20.7 Å². The standard InChI is InChI=1S/C14H15BrN2O4S3/c15-10-23(18,19)16-12-6-5-11-3-1-7-17(13(11)9-12)24(20,21)14-4-2-8-22-14/h2,4-6,8-9,16H,1,3,7,10H2. The third-order valence-corrected chi connectivity index (χ3v) is 9.45. The van der Waals surface area contributed by atoms with Gasteiger partial charge in [-0.15, -0.1) is 11.3 Å². The Morgan fingerprint density at radius 1 is 1.21 bits per heavy atom.